The Hall–Kier alpha value is -2.49. The van der Waals surface area contributed by atoms with Gasteiger partial charge in [0.1, 0.15) is 11.5 Å². The molecule has 0 N–H and O–H groups in total. The van der Waals surface area contributed by atoms with Crippen molar-refractivity contribution in [3.63, 3.8) is 0 Å². The number of hydrogen-bond acceptors (Lipinski definition) is 3. The maximum Gasteiger partial charge on any atom is 0.226 e. The normalized spacial score (nSPS) is 10.3. The van der Waals surface area contributed by atoms with Gasteiger partial charge in [-0.25, -0.2) is 0 Å². The summed E-state index contributed by atoms with van der Waals surface area (Å²) in [6.45, 7) is 3.26. The Labute approximate surface area is 144 Å². The molecule has 0 aliphatic heterocycles. The number of methoxy groups -OCH3 is 1. The highest BCUT2D eigenvalue weighted by Crippen LogP contribution is 2.18. The lowest BCUT2D eigenvalue weighted by Crippen LogP contribution is -2.30. The lowest BCUT2D eigenvalue weighted by molar-refractivity contribution is -0.129. The largest absolute Gasteiger partial charge is 0.496 e. The Morgan fingerprint density at radius 2 is 1.79 bits per heavy atom. The number of para-hydroxylation sites is 1. The minimum Gasteiger partial charge on any atom is -0.496 e. The average Bonchev–Trinajstić information content (AvgIpc) is 2.61. The molecule has 0 spiro atoms. The first-order valence-electron chi connectivity index (χ1n) is 8.21. The van der Waals surface area contributed by atoms with Crippen LogP contribution in [0.5, 0.6) is 11.5 Å². The van der Waals surface area contributed by atoms with Crippen molar-refractivity contribution in [2.75, 3.05) is 27.3 Å². The van der Waals surface area contributed by atoms with E-state index in [1.54, 1.807) is 12.0 Å². The minimum absolute atomic E-state index is 0.106. The third kappa shape index (κ3) is 5.01. The van der Waals surface area contributed by atoms with Gasteiger partial charge in [-0.15, -0.1) is 0 Å². The maximum absolute atomic E-state index is 12.4. The molecule has 0 unspecified atom stereocenters. The zero-order chi connectivity index (χ0) is 17.4. The molecule has 4 heteroatoms. The third-order valence-corrected chi connectivity index (χ3v) is 3.92. The van der Waals surface area contributed by atoms with Crippen molar-refractivity contribution in [1.82, 2.24) is 4.90 Å². The molecule has 0 aliphatic rings. The molecule has 0 radical (unpaired) electrons. The van der Waals surface area contributed by atoms with Crippen molar-refractivity contribution in [1.29, 1.82) is 0 Å². The fraction of sp³-hybridized carbons (Fsp3) is 0.350. The van der Waals surface area contributed by atoms with E-state index in [4.69, 9.17) is 9.47 Å². The van der Waals surface area contributed by atoms with Crippen LogP contribution in [0.3, 0.4) is 0 Å². The van der Waals surface area contributed by atoms with E-state index >= 15 is 0 Å². The van der Waals surface area contributed by atoms with E-state index in [9.17, 15) is 4.79 Å². The lowest BCUT2D eigenvalue weighted by Gasteiger charge is -2.18. The first-order valence-corrected chi connectivity index (χ1v) is 8.21. The van der Waals surface area contributed by atoms with Gasteiger partial charge in [-0.2, -0.15) is 0 Å². The molecule has 0 atom stereocenters. The van der Waals surface area contributed by atoms with Crippen LogP contribution in [0.2, 0.25) is 0 Å². The number of carbonyl (C=O) groups excluding carboxylic acids is 1. The monoisotopic (exact) mass is 327 g/mol. The Balaban J connectivity index is 1.87. The van der Waals surface area contributed by atoms with E-state index in [1.807, 2.05) is 62.5 Å². The molecule has 0 bridgehead atoms. The highest BCUT2D eigenvalue weighted by Gasteiger charge is 2.11. The van der Waals surface area contributed by atoms with Gasteiger partial charge >= 0.3 is 0 Å². The fourth-order valence-electron chi connectivity index (χ4n) is 2.50. The fourth-order valence-corrected chi connectivity index (χ4v) is 2.50. The van der Waals surface area contributed by atoms with Crippen LogP contribution < -0.4 is 9.47 Å². The zero-order valence-corrected chi connectivity index (χ0v) is 14.6. The minimum atomic E-state index is 0.106. The average molecular weight is 327 g/mol. The van der Waals surface area contributed by atoms with Crippen LogP contribution in [0.4, 0.5) is 0 Å². The highest BCUT2D eigenvalue weighted by molar-refractivity contribution is 5.78. The van der Waals surface area contributed by atoms with Crippen molar-refractivity contribution in [3.8, 4) is 11.5 Å². The van der Waals surface area contributed by atoms with Crippen molar-refractivity contribution in [2.45, 2.75) is 19.8 Å². The summed E-state index contributed by atoms with van der Waals surface area (Å²) < 4.78 is 10.8. The van der Waals surface area contributed by atoms with Gasteiger partial charge in [0.2, 0.25) is 5.91 Å². The summed E-state index contributed by atoms with van der Waals surface area (Å²) in [5.74, 6) is 1.80. The first-order chi connectivity index (χ1) is 11.6. The standard InChI is InChI=1S/C20H25NO3/c1-4-24-18-11-9-16(10-12-18)15-20(22)21(2)14-13-17-7-5-6-8-19(17)23-3/h5-12H,4,13-15H2,1-3H3. The summed E-state index contributed by atoms with van der Waals surface area (Å²) in [6, 6.07) is 15.6. The van der Waals surface area contributed by atoms with E-state index < -0.39 is 0 Å². The second-order valence-electron chi connectivity index (χ2n) is 5.63. The van der Waals surface area contributed by atoms with E-state index in [1.165, 1.54) is 0 Å². The van der Waals surface area contributed by atoms with Crippen LogP contribution in [0.1, 0.15) is 18.1 Å². The molecule has 4 nitrogen and oxygen atoms in total. The van der Waals surface area contributed by atoms with Crippen molar-refractivity contribution in [3.05, 3.63) is 59.7 Å². The predicted octanol–water partition coefficient (Wildman–Crippen LogP) is 3.34. The second kappa shape index (κ2) is 8.96. The molecule has 24 heavy (non-hydrogen) atoms. The molecule has 0 saturated carbocycles. The Bertz CT molecular complexity index is 652. The van der Waals surface area contributed by atoms with Gasteiger partial charge in [0.15, 0.2) is 0 Å². The van der Waals surface area contributed by atoms with Gasteiger partial charge in [0, 0.05) is 13.6 Å². The van der Waals surface area contributed by atoms with Gasteiger partial charge in [-0.3, -0.25) is 4.79 Å². The summed E-state index contributed by atoms with van der Waals surface area (Å²) in [6.07, 6.45) is 1.17. The number of nitrogens with zero attached hydrogens (tertiary/aromatic N) is 1. The summed E-state index contributed by atoms with van der Waals surface area (Å²) in [5.41, 5.74) is 2.10. The molecular formula is C20H25NO3. The van der Waals surface area contributed by atoms with E-state index in [0.29, 0.717) is 19.6 Å². The van der Waals surface area contributed by atoms with Crippen LogP contribution in [0.25, 0.3) is 0 Å². The van der Waals surface area contributed by atoms with E-state index in [-0.39, 0.29) is 5.91 Å². The zero-order valence-electron chi connectivity index (χ0n) is 14.6. The summed E-state index contributed by atoms with van der Waals surface area (Å²) in [5, 5.41) is 0. The Kier molecular flexibility index (Phi) is 6.67. The number of benzene rings is 2. The number of rotatable bonds is 8. The highest BCUT2D eigenvalue weighted by atomic mass is 16.5. The third-order valence-electron chi connectivity index (χ3n) is 3.92. The molecular weight excluding hydrogens is 302 g/mol. The van der Waals surface area contributed by atoms with Gasteiger partial charge in [-0.05, 0) is 42.7 Å². The SMILES string of the molecule is CCOc1ccc(CC(=O)N(C)CCc2ccccc2OC)cc1. The van der Waals surface area contributed by atoms with Crippen LogP contribution in [-0.2, 0) is 17.6 Å². The molecule has 0 aliphatic carbocycles. The molecule has 0 aromatic heterocycles. The van der Waals surface area contributed by atoms with Crippen LogP contribution in [-0.4, -0.2) is 38.1 Å². The van der Waals surface area contributed by atoms with Gasteiger partial charge < -0.3 is 14.4 Å². The van der Waals surface area contributed by atoms with Crippen molar-refractivity contribution in [2.24, 2.45) is 0 Å². The molecule has 2 rings (SSSR count). The van der Waals surface area contributed by atoms with Gasteiger partial charge in [-0.1, -0.05) is 30.3 Å². The van der Waals surface area contributed by atoms with Crippen molar-refractivity contribution >= 4 is 5.91 Å². The number of carbonyl (C=O) groups is 1. The summed E-state index contributed by atoms with van der Waals surface area (Å²) in [4.78, 5) is 14.1. The van der Waals surface area contributed by atoms with Crippen LogP contribution in [0.15, 0.2) is 48.5 Å². The Morgan fingerprint density at radius 1 is 1.08 bits per heavy atom. The quantitative estimate of drug-likeness (QED) is 0.746. The second-order valence-corrected chi connectivity index (χ2v) is 5.63. The Morgan fingerprint density at radius 3 is 2.46 bits per heavy atom. The number of amides is 1. The van der Waals surface area contributed by atoms with Crippen molar-refractivity contribution < 1.29 is 14.3 Å². The molecule has 2 aromatic carbocycles. The molecule has 128 valence electrons. The van der Waals surface area contributed by atoms with E-state index in [0.717, 1.165) is 29.0 Å². The summed E-state index contributed by atoms with van der Waals surface area (Å²) >= 11 is 0. The number of likely N-dealkylation sites (N-methyl/N-ethyl adjacent to an activating group) is 1. The maximum atomic E-state index is 12.4. The topological polar surface area (TPSA) is 38.8 Å². The van der Waals surface area contributed by atoms with Gasteiger partial charge in [0.25, 0.3) is 0 Å². The van der Waals surface area contributed by atoms with Gasteiger partial charge in [0.05, 0.1) is 20.1 Å². The molecule has 0 saturated heterocycles. The number of ether oxygens (including phenoxy) is 2. The van der Waals surface area contributed by atoms with Crippen LogP contribution in [0, 0.1) is 0 Å². The predicted molar refractivity (Wildman–Crippen MR) is 95.7 cm³/mol. The lowest BCUT2D eigenvalue weighted by atomic mass is 10.1. The smallest absolute Gasteiger partial charge is 0.226 e. The molecule has 0 heterocycles. The molecule has 0 fully saturated rings. The summed E-state index contributed by atoms with van der Waals surface area (Å²) in [7, 11) is 3.51. The van der Waals surface area contributed by atoms with Crippen LogP contribution >= 0.6 is 0 Å². The number of hydrogen-bond donors (Lipinski definition) is 0. The molecule has 1 amide bonds. The molecule has 2 aromatic rings. The first kappa shape index (κ1) is 17.9. The van der Waals surface area contributed by atoms with E-state index in [2.05, 4.69) is 0 Å².